The fourth-order valence-corrected chi connectivity index (χ4v) is 4.54. The fourth-order valence-electron chi connectivity index (χ4n) is 4.54. The Kier molecular flexibility index (Phi) is 5.92. The van der Waals surface area contributed by atoms with Crippen molar-refractivity contribution in [3.05, 3.63) is 71.9 Å². The van der Waals surface area contributed by atoms with E-state index in [1.807, 2.05) is 12.3 Å². The lowest BCUT2D eigenvalue weighted by Gasteiger charge is -2.32. The van der Waals surface area contributed by atoms with Crippen LogP contribution in [-0.4, -0.2) is 34.9 Å². The molecular weight excluding hydrogens is 344 g/mol. The van der Waals surface area contributed by atoms with E-state index in [4.69, 9.17) is 0 Å². The van der Waals surface area contributed by atoms with E-state index >= 15 is 0 Å². The van der Waals surface area contributed by atoms with Gasteiger partial charge >= 0.3 is 0 Å². The average Bonchev–Trinajstić information content (AvgIpc) is 3.09. The first kappa shape index (κ1) is 18.9. The highest BCUT2D eigenvalue weighted by atomic mass is 16.1. The van der Waals surface area contributed by atoms with Crippen LogP contribution in [0.15, 0.2) is 60.8 Å². The topological polar surface area (TPSA) is 25.2 Å². The van der Waals surface area contributed by atoms with Crippen molar-refractivity contribution in [2.75, 3.05) is 19.6 Å². The van der Waals surface area contributed by atoms with E-state index in [1.165, 1.54) is 43.4 Å². The standard InChI is InChI=1S/C25H30N2O/c1-20(28)24-19-27(25-11-6-5-10-23(24)25)15-7-14-26-16-12-22(13-17-26)18-21-8-3-2-4-9-21/h2-6,8-11,19,22H,7,12-18H2,1H3. The molecule has 2 aromatic carbocycles. The second-order valence-corrected chi connectivity index (χ2v) is 8.14. The maximum absolute atomic E-state index is 11.9. The third kappa shape index (κ3) is 4.36. The van der Waals surface area contributed by atoms with Gasteiger partial charge in [-0.3, -0.25) is 4.79 Å². The molecule has 0 amide bonds. The van der Waals surface area contributed by atoms with E-state index in [-0.39, 0.29) is 5.78 Å². The molecule has 1 aromatic heterocycles. The third-order valence-electron chi connectivity index (χ3n) is 6.12. The first-order valence-electron chi connectivity index (χ1n) is 10.6. The highest BCUT2D eigenvalue weighted by Crippen LogP contribution is 2.24. The van der Waals surface area contributed by atoms with Crippen LogP contribution < -0.4 is 0 Å². The summed E-state index contributed by atoms with van der Waals surface area (Å²) in [6, 6.07) is 19.1. The third-order valence-corrected chi connectivity index (χ3v) is 6.12. The number of likely N-dealkylation sites (tertiary alicyclic amines) is 1. The van der Waals surface area contributed by atoms with Crippen LogP contribution in [0.1, 0.15) is 42.1 Å². The van der Waals surface area contributed by atoms with Gasteiger partial charge in [-0.05, 0) is 69.8 Å². The van der Waals surface area contributed by atoms with Gasteiger partial charge in [-0.15, -0.1) is 0 Å². The molecule has 0 atom stereocenters. The van der Waals surface area contributed by atoms with Crippen molar-refractivity contribution >= 4 is 16.7 Å². The number of Topliss-reactive ketones (excluding diaryl/α,β-unsaturated/α-hetero) is 1. The summed E-state index contributed by atoms with van der Waals surface area (Å²) in [5.41, 5.74) is 3.49. The normalized spacial score (nSPS) is 15.9. The van der Waals surface area contributed by atoms with Crippen LogP contribution in [0.3, 0.4) is 0 Å². The van der Waals surface area contributed by atoms with Crippen molar-refractivity contribution in [3.8, 4) is 0 Å². The molecule has 1 aliphatic heterocycles. The zero-order valence-corrected chi connectivity index (χ0v) is 16.8. The van der Waals surface area contributed by atoms with Crippen LogP contribution in [0.25, 0.3) is 10.9 Å². The van der Waals surface area contributed by atoms with Gasteiger partial charge in [-0.2, -0.15) is 0 Å². The highest BCUT2D eigenvalue weighted by Gasteiger charge is 2.19. The monoisotopic (exact) mass is 374 g/mol. The minimum Gasteiger partial charge on any atom is -0.347 e. The van der Waals surface area contributed by atoms with Gasteiger partial charge in [0.25, 0.3) is 0 Å². The molecule has 0 radical (unpaired) electrons. The minimum absolute atomic E-state index is 0.149. The van der Waals surface area contributed by atoms with E-state index in [9.17, 15) is 4.79 Å². The lowest BCUT2D eigenvalue weighted by atomic mass is 9.90. The maximum Gasteiger partial charge on any atom is 0.161 e. The number of carbonyl (C=O) groups excluding carboxylic acids is 1. The first-order chi connectivity index (χ1) is 13.7. The minimum atomic E-state index is 0.149. The summed E-state index contributed by atoms with van der Waals surface area (Å²) in [7, 11) is 0. The summed E-state index contributed by atoms with van der Waals surface area (Å²) in [4.78, 5) is 14.5. The van der Waals surface area contributed by atoms with E-state index in [2.05, 4.69) is 58.0 Å². The Morgan fingerprint density at radius 1 is 0.964 bits per heavy atom. The highest BCUT2D eigenvalue weighted by molar-refractivity contribution is 6.06. The second-order valence-electron chi connectivity index (χ2n) is 8.14. The molecule has 0 aliphatic carbocycles. The Hall–Kier alpha value is -2.39. The molecule has 146 valence electrons. The summed E-state index contributed by atoms with van der Waals surface area (Å²) in [5.74, 6) is 0.973. The Balaban J connectivity index is 1.27. The van der Waals surface area contributed by atoms with Gasteiger partial charge in [-0.1, -0.05) is 48.5 Å². The lowest BCUT2D eigenvalue weighted by molar-refractivity contribution is 0.101. The van der Waals surface area contributed by atoms with Gasteiger partial charge in [0.05, 0.1) is 0 Å². The van der Waals surface area contributed by atoms with Crippen molar-refractivity contribution in [1.82, 2.24) is 9.47 Å². The van der Waals surface area contributed by atoms with Crippen molar-refractivity contribution in [3.63, 3.8) is 0 Å². The largest absolute Gasteiger partial charge is 0.347 e. The summed E-state index contributed by atoms with van der Waals surface area (Å²) in [5, 5.41) is 1.08. The number of hydrogen-bond donors (Lipinski definition) is 0. The molecular formula is C25H30N2O. The van der Waals surface area contributed by atoms with Crippen molar-refractivity contribution < 1.29 is 4.79 Å². The molecule has 0 bridgehead atoms. The molecule has 3 nitrogen and oxygen atoms in total. The van der Waals surface area contributed by atoms with Gasteiger partial charge in [0.2, 0.25) is 0 Å². The molecule has 1 aliphatic rings. The summed E-state index contributed by atoms with van der Waals surface area (Å²) in [6.45, 7) is 6.19. The second kappa shape index (κ2) is 8.74. The van der Waals surface area contributed by atoms with Crippen LogP contribution in [-0.2, 0) is 13.0 Å². The van der Waals surface area contributed by atoms with Crippen molar-refractivity contribution in [1.29, 1.82) is 0 Å². The van der Waals surface area contributed by atoms with Gasteiger partial charge in [0, 0.05) is 29.2 Å². The number of carbonyl (C=O) groups is 1. The summed E-state index contributed by atoms with van der Waals surface area (Å²) >= 11 is 0. The quantitative estimate of drug-likeness (QED) is 0.532. The summed E-state index contributed by atoms with van der Waals surface area (Å²) in [6.07, 6.45) is 6.99. The van der Waals surface area contributed by atoms with E-state index in [0.29, 0.717) is 0 Å². The number of rotatable bonds is 7. The molecule has 0 N–H and O–H groups in total. The first-order valence-corrected chi connectivity index (χ1v) is 10.6. The Morgan fingerprint density at radius 2 is 1.68 bits per heavy atom. The Morgan fingerprint density at radius 3 is 2.43 bits per heavy atom. The lowest BCUT2D eigenvalue weighted by Crippen LogP contribution is -2.35. The van der Waals surface area contributed by atoms with E-state index in [0.717, 1.165) is 36.4 Å². The molecule has 0 saturated carbocycles. The predicted octanol–water partition coefficient (Wildman–Crippen LogP) is 5.19. The predicted molar refractivity (Wildman–Crippen MR) is 116 cm³/mol. The van der Waals surface area contributed by atoms with E-state index in [1.54, 1.807) is 6.92 Å². The number of hydrogen-bond acceptors (Lipinski definition) is 2. The zero-order valence-electron chi connectivity index (χ0n) is 16.8. The number of para-hydroxylation sites is 1. The van der Waals surface area contributed by atoms with Crippen LogP contribution in [0, 0.1) is 5.92 Å². The number of benzene rings is 2. The molecule has 1 saturated heterocycles. The molecule has 28 heavy (non-hydrogen) atoms. The smallest absolute Gasteiger partial charge is 0.161 e. The number of ketones is 1. The number of fused-ring (bicyclic) bond motifs is 1. The van der Waals surface area contributed by atoms with E-state index < -0.39 is 0 Å². The van der Waals surface area contributed by atoms with Crippen molar-refractivity contribution in [2.45, 2.75) is 39.2 Å². The zero-order chi connectivity index (χ0) is 19.3. The molecule has 4 rings (SSSR count). The van der Waals surface area contributed by atoms with Crippen molar-refractivity contribution in [2.24, 2.45) is 5.92 Å². The number of aryl methyl sites for hydroxylation is 1. The van der Waals surface area contributed by atoms with Gasteiger partial charge in [0.1, 0.15) is 0 Å². The summed E-state index contributed by atoms with van der Waals surface area (Å²) < 4.78 is 2.26. The molecule has 0 unspecified atom stereocenters. The molecule has 3 heteroatoms. The van der Waals surface area contributed by atoms with Gasteiger partial charge in [0.15, 0.2) is 5.78 Å². The maximum atomic E-state index is 11.9. The number of piperidine rings is 1. The van der Waals surface area contributed by atoms with Crippen LogP contribution in [0.2, 0.25) is 0 Å². The van der Waals surface area contributed by atoms with Crippen LogP contribution in [0.4, 0.5) is 0 Å². The van der Waals surface area contributed by atoms with Gasteiger partial charge < -0.3 is 9.47 Å². The van der Waals surface area contributed by atoms with Crippen LogP contribution >= 0.6 is 0 Å². The number of nitrogens with zero attached hydrogens (tertiary/aromatic N) is 2. The molecule has 2 heterocycles. The molecule has 1 fully saturated rings. The van der Waals surface area contributed by atoms with Crippen LogP contribution in [0.5, 0.6) is 0 Å². The molecule has 3 aromatic rings. The van der Waals surface area contributed by atoms with Gasteiger partial charge in [-0.25, -0.2) is 0 Å². The average molecular weight is 375 g/mol. The number of aromatic nitrogens is 1. The Labute approximate surface area is 168 Å². The SMILES string of the molecule is CC(=O)c1cn(CCCN2CCC(Cc3ccccc3)CC2)c2ccccc12. The fraction of sp³-hybridized carbons (Fsp3) is 0.400. The molecule has 0 spiro atoms. The Bertz CT molecular complexity index is 920.